The lowest BCUT2D eigenvalue weighted by Gasteiger charge is -2.24. The summed E-state index contributed by atoms with van der Waals surface area (Å²) in [5.41, 5.74) is 0.266. The van der Waals surface area contributed by atoms with Gasteiger partial charge >= 0.3 is 0 Å². The molecule has 0 aliphatic heterocycles. The molecule has 0 bridgehead atoms. The molecule has 0 aliphatic carbocycles. The molecular weight excluding hydrogens is 202 g/mol. The van der Waals surface area contributed by atoms with Crippen molar-refractivity contribution < 1.29 is 0 Å². The van der Waals surface area contributed by atoms with Gasteiger partial charge in [-0.2, -0.15) is 0 Å². The third-order valence-corrected chi connectivity index (χ3v) is 4.18. The summed E-state index contributed by atoms with van der Waals surface area (Å²) in [7, 11) is 0. The van der Waals surface area contributed by atoms with Gasteiger partial charge in [0.05, 0.1) is 0 Å². The van der Waals surface area contributed by atoms with Gasteiger partial charge in [-0.05, 0) is 23.9 Å². The van der Waals surface area contributed by atoms with Crippen LogP contribution in [-0.2, 0) is 5.41 Å². The molecule has 0 spiro atoms. The summed E-state index contributed by atoms with van der Waals surface area (Å²) in [4.78, 5) is 1.47. The summed E-state index contributed by atoms with van der Waals surface area (Å²) < 4.78 is 0. The summed E-state index contributed by atoms with van der Waals surface area (Å²) in [5, 5.41) is 5.73. The van der Waals surface area contributed by atoms with Crippen LogP contribution in [0.15, 0.2) is 17.5 Å². The molecule has 1 atom stereocenters. The Morgan fingerprint density at radius 3 is 2.73 bits per heavy atom. The molecule has 0 saturated carbocycles. The van der Waals surface area contributed by atoms with Crippen LogP contribution in [0.5, 0.6) is 0 Å². The second kappa shape index (κ2) is 5.66. The largest absolute Gasteiger partial charge is 0.316 e. The molecule has 1 unspecified atom stereocenters. The maximum atomic E-state index is 3.57. The van der Waals surface area contributed by atoms with Crippen LogP contribution >= 0.6 is 11.3 Å². The zero-order valence-electron chi connectivity index (χ0n) is 10.3. The van der Waals surface area contributed by atoms with Crippen LogP contribution in [-0.4, -0.2) is 13.1 Å². The second-order valence-electron chi connectivity index (χ2n) is 5.01. The predicted molar refractivity (Wildman–Crippen MR) is 69.7 cm³/mol. The molecular formula is C13H23NS. The molecule has 0 saturated heterocycles. The van der Waals surface area contributed by atoms with E-state index >= 15 is 0 Å². The van der Waals surface area contributed by atoms with E-state index in [-0.39, 0.29) is 5.41 Å². The van der Waals surface area contributed by atoms with Crippen molar-refractivity contribution in [2.75, 3.05) is 13.1 Å². The van der Waals surface area contributed by atoms with Gasteiger partial charge < -0.3 is 5.32 Å². The van der Waals surface area contributed by atoms with Crippen molar-refractivity contribution in [3.8, 4) is 0 Å². The van der Waals surface area contributed by atoms with E-state index in [2.05, 4.69) is 50.5 Å². The molecule has 0 aliphatic rings. The maximum Gasteiger partial charge on any atom is 0.0115 e. The molecule has 0 radical (unpaired) electrons. The summed E-state index contributed by atoms with van der Waals surface area (Å²) in [6.45, 7) is 11.4. The number of rotatable bonds is 6. The molecule has 1 aromatic rings. The fourth-order valence-corrected chi connectivity index (χ4v) is 2.38. The molecule has 1 aromatic heterocycles. The highest BCUT2D eigenvalue weighted by molar-refractivity contribution is 7.10. The van der Waals surface area contributed by atoms with Crippen LogP contribution in [0.2, 0.25) is 0 Å². The van der Waals surface area contributed by atoms with Gasteiger partial charge in [0.1, 0.15) is 0 Å². The first kappa shape index (κ1) is 12.7. The SMILES string of the molecule is CCC(C)CNCC(C)(C)c1cccs1. The van der Waals surface area contributed by atoms with E-state index in [1.165, 1.54) is 11.3 Å². The summed E-state index contributed by atoms with van der Waals surface area (Å²) >= 11 is 1.85. The average molecular weight is 225 g/mol. The van der Waals surface area contributed by atoms with E-state index in [0.29, 0.717) is 0 Å². The highest BCUT2D eigenvalue weighted by Gasteiger charge is 2.20. The van der Waals surface area contributed by atoms with Gasteiger partial charge in [0.15, 0.2) is 0 Å². The molecule has 15 heavy (non-hydrogen) atoms. The Balaban J connectivity index is 2.37. The second-order valence-corrected chi connectivity index (χ2v) is 5.95. The van der Waals surface area contributed by atoms with E-state index in [0.717, 1.165) is 19.0 Å². The monoisotopic (exact) mass is 225 g/mol. The fraction of sp³-hybridized carbons (Fsp3) is 0.692. The lowest BCUT2D eigenvalue weighted by molar-refractivity contribution is 0.431. The molecule has 2 heteroatoms. The molecule has 1 N–H and O–H groups in total. The highest BCUT2D eigenvalue weighted by Crippen LogP contribution is 2.26. The molecule has 1 rings (SSSR count). The van der Waals surface area contributed by atoms with E-state index in [4.69, 9.17) is 0 Å². The third-order valence-electron chi connectivity index (χ3n) is 2.94. The molecule has 0 aromatic carbocycles. The smallest absolute Gasteiger partial charge is 0.0115 e. The molecule has 0 amide bonds. The number of hydrogen-bond donors (Lipinski definition) is 1. The van der Waals surface area contributed by atoms with Crippen LogP contribution in [0, 0.1) is 5.92 Å². The maximum absolute atomic E-state index is 3.57. The Bertz CT molecular complexity index is 264. The van der Waals surface area contributed by atoms with Gasteiger partial charge in [0.25, 0.3) is 0 Å². The number of hydrogen-bond acceptors (Lipinski definition) is 2. The van der Waals surface area contributed by atoms with Crippen molar-refractivity contribution in [2.24, 2.45) is 5.92 Å². The van der Waals surface area contributed by atoms with Crippen molar-refractivity contribution in [3.63, 3.8) is 0 Å². The summed E-state index contributed by atoms with van der Waals surface area (Å²) in [6, 6.07) is 4.37. The van der Waals surface area contributed by atoms with E-state index < -0.39 is 0 Å². The Kier molecular flexibility index (Phi) is 4.81. The Morgan fingerprint density at radius 2 is 2.20 bits per heavy atom. The summed E-state index contributed by atoms with van der Waals surface area (Å²) in [6.07, 6.45) is 1.26. The average Bonchev–Trinajstić information content (AvgIpc) is 2.70. The van der Waals surface area contributed by atoms with Crippen molar-refractivity contribution in [1.82, 2.24) is 5.32 Å². The Hall–Kier alpha value is -0.340. The fourth-order valence-electron chi connectivity index (χ4n) is 1.53. The first-order valence-electron chi connectivity index (χ1n) is 5.81. The standard InChI is InChI=1S/C13H23NS/c1-5-11(2)9-14-10-13(3,4)12-7-6-8-15-12/h6-8,11,14H,5,9-10H2,1-4H3. The lowest BCUT2D eigenvalue weighted by Crippen LogP contribution is -2.34. The van der Waals surface area contributed by atoms with Gasteiger partial charge in [-0.25, -0.2) is 0 Å². The van der Waals surface area contributed by atoms with Crippen molar-refractivity contribution in [3.05, 3.63) is 22.4 Å². The van der Waals surface area contributed by atoms with E-state index in [9.17, 15) is 0 Å². The van der Waals surface area contributed by atoms with Crippen molar-refractivity contribution in [1.29, 1.82) is 0 Å². The topological polar surface area (TPSA) is 12.0 Å². The van der Waals surface area contributed by atoms with Crippen molar-refractivity contribution >= 4 is 11.3 Å². The van der Waals surface area contributed by atoms with Crippen LogP contribution in [0.3, 0.4) is 0 Å². The minimum Gasteiger partial charge on any atom is -0.316 e. The number of nitrogens with one attached hydrogen (secondary N) is 1. The first-order valence-corrected chi connectivity index (χ1v) is 6.69. The quantitative estimate of drug-likeness (QED) is 0.779. The Labute approximate surface area is 97.9 Å². The molecule has 0 fully saturated rings. The third kappa shape index (κ3) is 3.96. The van der Waals surface area contributed by atoms with Crippen LogP contribution in [0.25, 0.3) is 0 Å². The minimum absolute atomic E-state index is 0.266. The van der Waals surface area contributed by atoms with Gasteiger partial charge in [0, 0.05) is 16.8 Å². The molecule has 1 heterocycles. The van der Waals surface area contributed by atoms with Crippen LogP contribution < -0.4 is 5.32 Å². The zero-order valence-corrected chi connectivity index (χ0v) is 11.2. The van der Waals surface area contributed by atoms with Crippen LogP contribution in [0.1, 0.15) is 39.0 Å². The van der Waals surface area contributed by atoms with Gasteiger partial charge in [-0.3, -0.25) is 0 Å². The molecule has 86 valence electrons. The number of thiophene rings is 1. The van der Waals surface area contributed by atoms with Gasteiger partial charge in [-0.1, -0.05) is 40.2 Å². The zero-order chi connectivity index (χ0) is 11.3. The van der Waals surface area contributed by atoms with Crippen LogP contribution in [0.4, 0.5) is 0 Å². The normalized spacial score (nSPS) is 14.1. The minimum atomic E-state index is 0.266. The highest BCUT2D eigenvalue weighted by atomic mass is 32.1. The van der Waals surface area contributed by atoms with Gasteiger partial charge in [0.2, 0.25) is 0 Å². The predicted octanol–water partition coefficient (Wildman–Crippen LogP) is 3.66. The lowest BCUT2D eigenvalue weighted by atomic mass is 9.91. The molecule has 1 nitrogen and oxygen atoms in total. The first-order chi connectivity index (χ1) is 7.06. The summed E-state index contributed by atoms with van der Waals surface area (Å²) in [5.74, 6) is 0.782. The van der Waals surface area contributed by atoms with Crippen molar-refractivity contribution in [2.45, 2.75) is 39.5 Å². The van der Waals surface area contributed by atoms with Gasteiger partial charge in [-0.15, -0.1) is 11.3 Å². The van der Waals surface area contributed by atoms with E-state index in [1.54, 1.807) is 0 Å². The Morgan fingerprint density at radius 1 is 1.47 bits per heavy atom. The van der Waals surface area contributed by atoms with E-state index in [1.807, 2.05) is 11.3 Å².